The Hall–Kier alpha value is -1.13. The molecule has 0 saturated carbocycles. The van der Waals surface area contributed by atoms with Crippen LogP contribution in [0.4, 0.5) is 0 Å². The van der Waals surface area contributed by atoms with Crippen LogP contribution in [0.15, 0.2) is 24.3 Å². The zero-order chi connectivity index (χ0) is 13.5. The molecule has 1 aromatic rings. The summed E-state index contributed by atoms with van der Waals surface area (Å²) in [6.07, 6.45) is 0.0509. The molecule has 3 nitrogen and oxygen atoms in total. The Balaban J connectivity index is 2.73. The summed E-state index contributed by atoms with van der Waals surface area (Å²) < 4.78 is 10.3. The van der Waals surface area contributed by atoms with Crippen molar-refractivity contribution in [3.05, 3.63) is 29.8 Å². The van der Waals surface area contributed by atoms with Crippen LogP contribution in [0.5, 0.6) is 0 Å². The molecule has 0 radical (unpaired) electrons. The summed E-state index contributed by atoms with van der Waals surface area (Å²) >= 11 is 0. The lowest BCUT2D eigenvalue weighted by atomic mass is 10.1. The van der Waals surface area contributed by atoms with Gasteiger partial charge in [-0.3, -0.25) is 4.79 Å². The molecule has 0 unspecified atom stereocenters. The smallest absolute Gasteiger partial charge is 0.308 e. The Morgan fingerprint density at radius 1 is 1.28 bits per heavy atom. The molecule has 0 aliphatic heterocycles. The monoisotopic (exact) mass is 266 g/mol. The number of rotatable bonds is 6. The first-order valence-corrected chi connectivity index (χ1v) is 9.25. The molecule has 0 saturated heterocycles. The highest BCUT2D eigenvalue weighted by atomic mass is 28.3. The van der Waals surface area contributed by atoms with Gasteiger partial charge in [0.1, 0.15) is 0 Å². The first-order valence-electron chi connectivity index (χ1n) is 6.36. The van der Waals surface area contributed by atoms with E-state index in [0.717, 1.165) is 5.56 Å². The molecule has 1 atom stereocenters. The maximum Gasteiger partial charge on any atom is 0.308 e. The van der Waals surface area contributed by atoms with Crippen LogP contribution in [0.2, 0.25) is 13.1 Å². The third-order valence-corrected chi connectivity index (χ3v) is 4.64. The molecular formula is C14H22O3Si. The van der Waals surface area contributed by atoms with Crippen LogP contribution in [0.1, 0.15) is 25.0 Å². The normalized spacial score (nSPS) is 12.5. The van der Waals surface area contributed by atoms with E-state index in [0.29, 0.717) is 6.61 Å². The molecule has 4 heteroatoms. The Bertz CT molecular complexity index is 373. The second-order valence-electron chi connectivity index (χ2n) is 4.55. The van der Waals surface area contributed by atoms with Crippen molar-refractivity contribution in [1.82, 2.24) is 0 Å². The second kappa shape index (κ2) is 7.33. The molecule has 0 bridgehead atoms. The van der Waals surface area contributed by atoms with Crippen molar-refractivity contribution in [2.45, 2.75) is 32.5 Å². The molecule has 0 spiro atoms. The van der Waals surface area contributed by atoms with Crippen molar-refractivity contribution in [2.75, 3.05) is 13.7 Å². The second-order valence-corrected chi connectivity index (χ2v) is 7.53. The number of benzene rings is 1. The first-order chi connectivity index (χ1) is 8.58. The molecule has 0 amide bonds. The predicted molar refractivity (Wildman–Crippen MR) is 76.0 cm³/mol. The minimum Gasteiger partial charge on any atom is -0.466 e. The van der Waals surface area contributed by atoms with Gasteiger partial charge in [0.25, 0.3) is 0 Å². The Labute approximate surface area is 111 Å². The van der Waals surface area contributed by atoms with Gasteiger partial charge < -0.3 is 9.47 Å². The lowest BCUT2D eigenvalue weighted by Crippen LogP contribution is -2.22. The summed E-state index contributed by atoms with van der Waals surface area (Å²) in [4.78, 5) is 11.5. The molecule has 0 heterocycles. The minimum atomic E-state index is -0.762. The van der Waals surface area contributed by atoms with E-state index in [1.807, 2.05) is 6.92 Å². The van der Waals surface area contributed by atoms with Crippen molar-refractivity contribution < 1.29 is 14.3 Å². The molecule has 18 heavy (non-hydrogen) atoms. The van der Waals surface area contributed by atoms with Crippen LogP contribution >= 0.6 is 0 Å². The third kappa shape index (κ3) is 4.27. The highest BCUT2D eigenvalue weighted by Gasteiger charge is 2.16. The zero-order valence-electron chi connectivity index (χ0n) is 11.6. The van der Waals surface area contributed by atoms with Crippen LogP contribution in [-0.2, 0) is 14.3 Å². The number of methoxy groups -OCH3 is 1. The van der Waals surface area contributed by atoms with Gasteiger partial charge in [-0.1, -0.05) is 42.5 Å². The molecule has 1 rings (SSSR count). The summed E-state index contributed by atoms with van der Waals surface area (Å²) in [7, 11) is 0.858. The molecular weight excluding hydrogens is 244 g/mol. The van der Waals surface area contributed by atoms with Gasteiger partial charge in [0.05, 0.1) is 27.9 Å². The Morgan fingerprint density at radius 3 is 2.33 bits per heavy atom. The van der Waals surface area contributed by atoms with E-state index in [1.165, 1.54) is 5.19 Å². The lowest BCUT2D eigenvalue weighted by molar-refractivity contribution is -0.146. The first kappa shape index (κ1) is 14.9. The largest absolute Gasteiger partial charge is 0.466 e. The predicted octanol–water partition coefficient (Wildman–Crippen LogP) is 2.02. The minimum absolute atomic E-state index is 0.216. The van der Waals surface area contributed by atoms with Crippen LogP contribution in [0, 0.1) is 0 Å². The van der Waals surface area contributed by atoms with Gasteiger partial charge in [0.2, 0.25) is 0 Å². The summed E-state index contributed by atoms with van der Waals surface area (Å²) in [5.41, 5.74) is 1.03. The van der Waals surface area contributed by atoms with Crippen molar-refractivity contribution in [2.24, 2.45) is 0 Å². The number of esters is 1. The van der Waals surface area contributed by atoms with Gasteiger partial charge in [-0.05, 0) is 12.5 Å². The maximum atomic E-state index is 11.5. The Morgan fingerprint density at radius 2 is 1.89 bits per heavy atom. The number of hydrogen-bond acceptors (Lipinski definition) is 3. The fraction of sp³-hybridized carbons (Fsp3) is 0.500. The number of carbonyl (C=O) groups excluding carboxylic acids is 1. The molecule has 100 valence electrons. The fourth-order valence-corrected chi connectivity index (χ4v) is 2.77. The van der Waals surface area contributed by atoms with Crippen LogP contribution in [0.25, 0.3) is 0 Å². The van der Waals surface area contributed by atoms with Crippen LogP contribution in [-0.4, -0.2) is 28.5 Å². The molecule has 0 N–H and O–H groups in total. The summed E-state index contributed by atoms with van der Waals surface area (Å²) in [5.74, 6) is -0.216. The van der Waals surface area contributed by atoms with Crippen molar-refractivity contribution in [3.8, 4) is 0 Å². The molecule has 0 fully saturated rings. The topological polar surface area (TPSA) is 35.5 Å². The van der Waals surface area contributed by atoms with Gasteiger partial charge in [0.15, 0.2) is 0 Å². The average molecular weight is 266 g/mol. The fourth-order valence-electron chi connectivity index (χ4n) is 1.80. The summed E-state index contributed by atoms with van der Waals surface area (Å²) in [6, 6.07) is 8.39. The van der Waals surface area contributed by atoms with E-state index in [2.05, 4.69) is 37.4 Å². The quantitative estimate of drug-likeness (QED) is 0.584. The SMILES string of the molecule is CCOC(=O)C[C@H](OC)c1ccc([SiH](C)C)cc1. The number of hydrogen-bond donors (Lipinski definition) is 0. The molecule has 0 aliphatic carbocycles. The van der Waals surface area contributed by atoms with Gasteiger partial charge in [-0.15, -0.1) is 0 Å². The van der Waals surface area contributed by atoms with Crippen molar-refractivity contribution in [3.63, 3.8) is 0 Å². The van der Waals surface area contributed by atoms with Gasteiger partial charge in [-0.25, -0.2) is 0 Å². The molecule has 1 aromatic carbocycles. The standard InChI is InChI=1S/C14H22O3Si/c1-5-17-14(15)10-13(16-2)11-6-8-12(9-7-11)18(3)4/h6-9,13,18H,5,10H2,1-4H3/t13-/m0/s1. The van der Waals surface area contributed by atoms with Crippen LogP contribution < -0.4 is 5.19 Å². The highest BCUT2D eigenvalue weighted by molar-refractivity contribution is 6.70. The molecule has 0 aromatic heterocycles. The molecule has 0 aliphatic rings. The van der Waals surface area contributed by atoms with Gasteiger partial charge in [-0.2, -0.15) is 0 Å². The van der Waals surface area contributed by atoms with Crippen LogP contribution in [0.3, 0.4) is 0 Å². The number of ether oxygens (including phenoxy) is 2. The maximum absolute atomic E-state index is 11.5. The van der Waals surface area contributed by atoms with E-state index in [-0.39, 0.29) is 18.5 Å². The van der Waals surface area contributed by atoms with E-state index in [1.54, 1.807) is 7.11 Å². The Kier molecular flexibility index (Phi) is 6.08. The van der Waals surface area contributed by atoms with Gasteiger partial charge >= 0.3 is 5.97 Å². The van der Waals surface area contributed by atoms with Crippen molar-refractivity contribution >= 4 is 20.0 Å². The highest BCUT2D eigenvalue weighted by Crippen LogP contribution is 2.20. The zero-order valence-corrected chi connectivity index (χ0v) is 12.8. The third-order valence-electron chi connectivity index (χ3n) is 2.92. The van der Waals surface area contributed by atoms with Crippen molar-refractivity contribution in [1.29, 1.82) is 0 Å². The average Bonchev–Trinajstić information content (AvgIpc) is 2.36. The van der Waals surface area contributed by atoms with E-state index < -0.39 is 8.80 Å². The lowest BCUT2D eigenvalue weighted by Gasteiger charge is -2.15. The summed E-state index contributed by atoms with van der Waals surface area (Å²) in [6.45, 7) is 6.80. The van der Waals surface area contributed by atoms with E-state index in [9.17, 15) is 4.79 Å². The van der Waals surface area contributed by atoms with E-state index >= 15 is 0 Å². The summed E-state index contributed by atoms with van der Waals surface area (Å²) in [5, 5.41) is 1.42. The van der Waals surface area contributed by atoms with E-state index in [4.69, 9.17) is 9.47 Å². The number of carbonyl (C=O) groups is 1. The van der Waals surface area contributed by atoms with Gasteiger partial charge in [0, 0.05) is 7.11 Å².